The van der Waals surface area contributed by atoms with E-state index in [4.69, 9.17) is 0 Å². The molecule has 152 valence electrons. The Balaban J connectivity index is 1.27. The van der Waals surface area contributed by atoms with Gasteiger partial charge in [0.25, 0.3) is 5.56 Å². The number of nitrogens with zero attached hydrogens (tertiary/aromatic N) is 4. The van der Waals surface area contributed by atoms with Gasteiger partial charge in [-0.2, -0.15) is 4.31 Å². The molecular formula is C20H22N4O3S2. The fourth-order valence-corrected chi connectivity index (χ4v) is 6.40. The highest BCUT2D eigenvalue weighted by Crippen LogP contribution is 2.26. The third-order valence-electron chi connectivity index (χ3n) is 5.78. The second kappa shape index (κ2) is 7.32. The number of thiazole rings is 1. The summed E-state index contributed by atoms with van der Waals surface area (Å²) in [6.07, 6.45) is 4.84. The molecule has 0 amide bonds. The Hall–Kier alpha value is -2.07. The van der Waals surface area contributed by atoms with Gasteiger partial charge in [-0.1, -0.05) is 6.07 Å². The molecule has 2 aliphatic rings. The summed E-state index contributed by atoms with van der Waals surface area (Å²) in [4.78, 5) is 19.9. The molecule has 3 aromatic rings. The lowest BCUT2D eigenvalue weighted by Crippen LogP contribution is -2.48. The van der Waals surface area contributed by atoms with E-state index < -0.39 is 10.0 Å². The molecule has 0 radical (unpaired) electrons. The van der Waals surface area contributed by atoms with Crippen LogP contribution in [0.1, 0.15) is 23.2 Å². The van der Waals surface area contributed by atoms with Crippen LogP contribution in [0.5, 0.6) is 0 Å². The number of rotatable bonds is 4. The summed E-state index contributed by atoms with van der Waals surface area (Å²) in [6, 6.07) is 7.14. The average Bonchev–Trinajstić information content (AvgIpc) is 3.37. The van der Waals surface area contributed by atoms with Gasteiger partial charge in [0.05, 0.1) is 10.6 Å². The molecule has 9 heteroatoms. The minimum absolute atomic E-state index is 0.0796. The molecule has 29 heavy (non-hydrogen) atoms. The summed E-state index contributed by atoms with van der Waals surface area (Å²) in [6.45, 7) is 2.68. The van der Waals surface area contributed by atoms with Gasteiger partial charge in [0.2, 0.25) is 10.0 Å². The van der Waals surface area contributed by atoms with E-state index in [0.29, 0.717) is 42.6 Å². The number of benzene rings is 1. The van der Waals surface area contributed by atoms with Crippen LogP contribution in [0.25, 0.3) is 4.96 Å². The number of aryl methyl sites for hydroxylation is 2. The monoisotopic (exact) mass is 430 g/mol. The van der Waals surface area contributed by atoms with Crippen molar-refractivity contribution < 1.29 is 8.42 Å². The van der Waals surface area contributed by atoms with Gasteiger partial charge in [-0.25, -0.2) is 13.4 Å². The highest BCUT2D eigenvalue weighted by molar-refractivity contribution is 7.89. The van der Waals surface area contributed by atoms with Crippen LogP contribution >= 0.6 is 11.3 Å². The predicted octanol–water partition coefficient (Wildman–Crippen LogP) is 1.75. The molecule has 1 aliphatic heterocycles. The van der Waals surface area contributed by atoms with Gasteiger partial charge in [-0.05, 0) is 42.5 Å². The lowest BCUT2D eigenvalue weighted by Gasteiger charge is -2.33. The molecule has 0 bridgehead atoms. The van der Waals surface area contributed by atoms with E-state index in [2.05, 4.69) is 9.88 Å². The molecule has 2 aromatic heterocycles. The third-order valence-corrected chi connectivity index (χ3v) is 8.43. The normalized spacial score (nSPS) is 18.3. The lowest BCUT2D eigenvalue weighted by molar-refractivity contribution is 0.180. The van der Waals surface area contributed by atoms with E-state index in [1.807, 2.05) is 17.5 Å². The second-order valence-electron chi connectivity index (χ2n) is 7.61. The maximum absolute atomic E-state index is 13.1. The number of aromatic nitrogens is 2. The molecule has 1 fully saturated rings. The molecule has 1 aromatic carbocycles. The third kappa shape index (κ3) is 3.52. The molecular weight excluding hydrogens is 408 g/mol. The van der Waals surface area contributed by atoms with Gasteiger partial charge in [-0.3, -0.25) is 14.1 Å². The number of sulfonamides is 1. The first-order valence-electron chi connectivity index (χ1n) is 9.81. The van der Waals surface area contributed by atoms with Crippen LogP contribution in [0.4, 0.5) is 0 Å². The van der Waals surface area contributed by atoms with Gasteiger partial charge >= 0.3 is 0 Å². The fourth-order valence-electron chi connectivity index (χ4n) is 4.18. The van der Waals surface area contributed by atoms with Crippen molar-refractivity contribution in [1.82, 2.24) is 18.6 Å². The SMILES string of the molecule is O=c1cc(CN2CCN(S(=O)(=O)c3ccc4c(c3)CCC4)CC2)nc2sccn12. The van der Waals surface area contributed by atoms with E-state index in [0.717, 1.165) is 25.0 Å². The molecule has 0 spiro atoms. The second-order valence-corrected chi connectivity index (χ2v) is 10.4. The molecule has 1 saturated heterocycles. The molecule has 3 heterocycles. The van der Waals surface area contributed by atoms with Crippen LogP contribution in [0, 0.1) is 0 Å². The molecule has 0 atom stereocenters. The Bertz CT molecular complexity index is 1220. The highest BCUT2D eigenvalue weighted by Gasteiger charge is 2.29. The Morgan fingerprint density at radius 1 is 1.03 bits per heavy atom. The minimum Gasteiger partial charge on any atom is -0.295 e. The largest absolute Gasteiger partial charge is 0.295 e. The van der Waals surface area contributed by atoms with E-state index in [9.17, 15) is 13.2 Å². The topological polar surface area (TPSA) is 75.0 Å². The van der Waals surface area contributed by atoms with Crippen molar-refractivity contribution in [2.24, 2.45) is 0 Å². The van der Waals surface area contributed by atoms with E-state index in [1.165, 1.54) is 26.9 Å². The summed E-state index contributed by atoms with van der Waals surface area (Å²) < 4.78 is 29.2. The first-order valence-corrected chi connectivity index (χ1v) is 12.1. The fraction of sp³-hybridized carbons (Fsp3) is 0.400. The molecule has 7 nitrogen and oxygen atoms in total. The van der Waals surface area contributed by atoms with Gasteiger partial charge in [0.15, 0.2) is 4.96 Å². The van der Waals surface area contributed by atoms with Crippen molar-refractivity contribution in [3.8, 4) is 0 Å². The van der Waals surface area contributed by atoms with E-state index in [-0.39, 0.29) is 5.56 Å². The first-order chi connectivity index (χ1) is 14.0. The summed E-state index contributed by atoms with van der Waals surface area (Å²) in [5.41, 5.74) is 3.10. The van der Waals surface area contributed by atoms with Gasteiger partial charge in [-0.15, -0.1) is 11.3 Å². The molecule has 1 aliphatic carbocycles. The van der Waals surface area contributed by atoms with Crippen LogP contribution in [0.2, 0.25) is 0 Å². The van der Waals surface area contributed by atoms with Gasteiger partial charge < -0.3 is 0 Å². The number of fused-ring (bicyclic) bond motifs is 2. The molecule has 0 saturated carbocycles. The number of hydrogen-bond acceptors (Lipinski definition) is 6. The summed E-state index contributed by atoms with van der Waals surface area (Å²) in [5, 5.41) is 1.84. The van der Waals surface area contributed by atoms with Crippen molar-refractivity contribution in [3.63, 3.8) is 0 Å². The summed E-state index contributed by atoms with van der Waals surface area (Å²) >= 11 is 1.43. The predicted molar refractivity (Wildman–Crippen MR) is 112 cm³/mol. The Labute approximate surface area is 173 Å². The minimum atomic E-state index is -3.47. The van der Waals surface area contributed by atoms with Crippen molar-refractivity contribution >= 4 is 26.3 Å². The van der Waals surface area contributed by atoms with Crippen LogP contribution < -0.4 is 5.56 Å². The Kier molecular flexibility index (Phi) is 4.78. The zero-order valence-electron chi connectivity index (χ0n) is 16.0. The lowest BCUT2D eigenvalue weighted by atomic mass is 10.1. The number of piperazine rings is 1. The van der Waals surface area contributed by atoms with Crippen molar-refractivity contribution in [2.45, 2.75) is 30.7 Å². The van der Waals surface area contributed by atoms with Crippen molar-refractivity contribution in [3.05, 3.63) is 63.0 Å². The van der Waals surface area contributed by atoms with Crippen LogP contribution in [-0.2, 0) is 29.4 Å². The smallest absolute Gasteiger partial charge is 0.258 e. The van der Waals surface area contributed by atoms with E-state index in [1.54, 1.807) is 22.6 Å². The van der Waals surface area contributed by atoms with Crippen molar-refractivity contribution in [1.29, 1.82) is 0 Å². The quantitative estimate of drug-likeness (QED) is 0.630. The highest BCUT2D eigenvalue weighted by atomic mass is 32.2. The van der Waals surface area contributed by atoms with Gasteiger partial charge in [0, 0.05) is 50.4 Å². The van der Waals surface area contributed by atoms with Gasteiger partial charge in [0.1, 0.15) is 0 Å². The van der Waals surface area contributed by atoms with Crippen LogP contribution in [-0.4, -0.2) is 53.2 Å². The standard InChI is InChI=1S/C20H22N4O3S2/c25-19-13-17(21-20-24(19)10-11-28-20)14-22-6-8-23(9-7-22)29(26,27)18-5-4-15-2-1-3-16(15)12-18/h4-5,10-13H,1-3,6-9,14H2. The summed E-state index contributed by atoms with van der Waals surface area (Å²) in [7, 11) is -3.47. The zero-order valence-corrected chi connectivity index (χ0v) is 17.6. The average molecular weight is 431 g/mol. The summed E-state index contributed by atoms with van der Waals surface area (Å²) in [5.74, 6) is 0. The maximum Gasteiger partial charge on any atom is 0.258 e. The molecule has 5 rings (SSSR count). The Morgan fingerprint density at radius 2 is 1.83 bits per heavy atom. The number of hydrogen-bond donors (Lipinski definition) is 0. The maximum atomic E-state index is 13.1. The first kappa shape index (κ1) is 18.9. The molecule has 0 unspecified atom stereocenters. The van der Waals surface area contributed by atoms with Crippen LogP contribution in [0.3, 0.4) is 0 Å². The zero-order chi connectivity index (χ0) is 20.0. The molecule has 0 N–H and O–H groups in total. The van der Waals surface area contributed by atoms with Crippen LogP contribution in [0.15, 0.2) is 45.5 Å². The van der Waals surface area contributed by atoms with Crippen molar-refractivity contribution in [2.75, 3.05) is 26.2 Å². The Morgan fingerprint density at radius 3 is 2.66 bits per heavy atom. The van der Waals surface area contributed by atoms with E-state index >= 15 is 0 Å².